The number of rotatable bonds is 5. The average molecular weight is 308 g/mol. The van der Waals surface area contributed by atoms with E-state index in [1.165, 1.54) is 25.7 Å². The number of nitrogens with one attached hydrogen (secondary N) is 1. The van der Waals surface area contributed by atoms with Crippen LogP contribution < -0.4 is 5.32 Å². The Kier molecular flexibility index (Phi) is 5.50. The fourth-order valence-electron chi connectivity index (χ4n) is 3.57. The Morgan fingerprint density at radius 2 is 2.00 bits per heavy atom. The first-order valence-corrected chi connectivity index (χ1v) is 8.72. The summed E-state index contributed by atoms with van der Waals surface area (Å²) in [6, 6.07) is 0. The molecule has 0 aromatic carbocycles. The van der Waals surface area contributed by atoms with Crippen molar-refractivity contribution in [2.24, 2.45) is 0 Å². The van der Waals surface area contributed by atoms with Gasteiger partial charge in [-0.1, -0.05) is 11.6 Å². The van der Waals surface area contributed by atoms with Crippen LogP contribution in [0.25, 0.3) is 0 Å². The first-order chi connectivity index (χ1) is 10.8. The maximum atomic E-state index is 12.2. The number of allylic oxidation sites excluding steroid dienone is 1. The summed E-state index contributed by atoms with van der Waals surface area (Å²) in [7, 11) is 0. The van der Waals surface area contributed by atoms with Gasteiger partial charge in [0, 0.05) is 25.9 Å². The second-order valence-electron chi connectivity index (χ2n) is 6.52. The summed E-state index contributed by atoms with van der Waals surface area (Å²) < 4.78 is 11.4. The lowest BCUT2D eigenvalue weighted by Crippen LogP contribution is -2.49. The Bertz CT molecular complexity index is 406. The van der Waals surface area contributed by atoms with Gasteiger partial charge in [-0.25, -0.2) is 0 Å². The summed E-state index contributed by atoms with van der Waals surface area (Å²) in [4.78, 5) is 14.2. The molecule has 5 nitrogen and oxygen atoms in total. The minimum Gasteiger partial charge on any atom is -0.347 e. The molecule has 1 spiro atoms. The standard InChI is InChI=1S/C17H28N2O3/c20-16(14-18-9-6-15-4-2-1-3-5-15)19-10-7-17(8-11-19)21-12-13-22-17/h4,18H,1-3,5-14H2. The Balaban J connectivity index is 1.32. The molecule has 0 aromatic rings. The predicted molar refractivity (Wildman–Crippen MR) is 84.5 cm³/mol. The highest BCUT2D eigenvalue weighted by Crippen LogP contribution is 2.31. The second-order valence-corrected chi connectivity index (χ2v) is 6.52. The molecule has 2 fully saturated rings. The zero-order valence-electron chi connectivity index (χ0n) is 13.4. The monoisotopic (exact) mass is 308 g/mol. The maximum absolute atomic E-state index is 12.2. The third kappa shape index (κ3) is 4.09. The molecule has 0 aromatic heterocycles. The second kappa shape index (κ2) is 7.57. The summed E-state index contributed by atoms with van der Waals surface area (Å²) >= 11 is 0. The van der Waals surface area contributed by atoms with E-state index in [4.69, 9.17) is 9.47 Å². The van der Waals surface area contributed by atoms with Crippen LogP contribution in [0.15, 0.2) is 11.6 Å². The van der Waals surface area contributed by atoms with Gasteiger partial charge in [-0.3, -0.25) is 4.79 Å². The summed E-state index contributed by atoms with van der Waals surface area (Å²) in [6.07, 6.45) is 10.2. The molecule has 124 valence electrons. The van der Waals surface area contributed by atoms with Crippen molar-refractivity contribution in [1.82, 2.24) is 10.2 Å². The molecule has 5 heteroatoms. The molecular weight excluding hydrogens is 280 g/mol. The molecule has 3 rings (SSSR count). The highest BCUT2D eigenvalue weighted by molar-refractivity contribution is 5.78. The van der Waals surface area contributed by atoms with E-state index in [9.17, 15) is 4.79 Å². The SMILES string of the molecule is O=C(CNCCC1=CCCCC1)N1CCC2(CC1)OCCO2. The van der Waals surface area contributed by atoms with Gasteiger partial charge in [0.15, 0.2) is 5.79 Å². The van der Waals surface area contributed by atoms with Gasteiger partial charge < -0.3 is 19.7 Å². The van der Waals surface area contributed by atoms with Crippen LogP contribution in [0.1, 0.15) is 44.9 Å². The van der Waals surface area contributed by atoms with E-state index in [1.54, 1.807) is 5.57 Å². The van der Waals surface area contributed by atoms with Gasteiger partial charge in [-0.05, 0) is 38.6 Å². The number of hydrogen-bond acceptors (Lipinski definition) is 4. The van der Waals surface area contributed by atoms with E-state index in [0.717, 1.165) is 38.9 Å². The molecule has 0 radical (unpaired) electrons. The van der Waals surface area contributed by atoms with E-state index in [-0.39, 0.29) is 5.91 Å². The molecule has 3 aliphatic rings. The number of hydrogen-bond donors (Lipinski definition) is 1. The van der Waals surface area contributed by atoms with Crippen molar-refractivity contribution in [2.45, 2.75) is 50.7 Å². The zero-order chi connectivity index (χ0) is 15.3. The van der Waals surface area contributed by atoms with E-state index < -0.39 is 5.79 Å². The number of ether oxygens (including phenoxy) is 2. The fourth-order valence-corrected chi connectivity index (χ4v) is 3.57. The van der Waals surface area contributed by atoms with Gasteiger partial charge in [0.25, 0.3) is 0 Å². The molecule has 1 aliphatic carbocycles. The summed E-state index contributed by atoms with van der Waals surface area (Å²) in [5.41, 5.74) is 1.56. The van der Waals surface area contributed by atoms with E-state index in [0.29, 0.717) is 19.8 Å². The van der Waals surface area contributed by atoms with Crippen LogP contribution >= 0.6 is 0 Å². The van der Waals surface area contributed by atoms with Gasteiger partial charge >= 0.3 is 0 Å². The predicted octanol–water partition coefficient (Wildman–Crippen LogP) is 1.83. The molecule has 0 unspecified atom stereocenters. The molecule has 1 N–H and O–H groups in total. The maximum Gasteiger partial charge on any atom is 0.236 e. The smallest absolute Gasteiger partial charge is 0.236 e. The Morgan fingerprint density at radius 3 is 2.68 bits per heavy atom. The number of likely N-dealkylation sites (tertiary alicyclic amines) is 1. The number of piperidine rings is 1. The molecule has 0 atom stereocenters. The number of amides is 1. The van der Waals surface area contributed by atoms with Crippen molar-refractivity contribution in [3.05, 3.63) is 11.6 Å². The molecule has 1 amide bonds. The lowest BCUT2D eigenvalue weighted by Gasteiger charge is -2.37. The van der Waals surface area contributed by atoms with Crippen LogP contribution in [0.2, 0.25) is 0 Å². The fraction of sp³-hybridized carbons (Fsp3) is 0.824. The van der Waals surface area contributed by atoms with E-state index >= 15 is 0 Å². The van der Waals surface area contributed by atoms with Crippen LogP contribution in [0, 0.1) is 0 Å². The topological polar surface area (TPSA) is 50.8 Å². The molecule has 0 saturated carbocycles. The van der Waals surface area contributed by atoms with Crippen molar-refractivity contribution >= 4 is 5.91 Å². The zero-order valence-corrected chi connectivity index (χ0v) is 13.4. The summed E-state index contributed by atoms with van der Waals surface area (Å²) in [6.45, 7) is 4.21. The Labute approximate surface area is 133 Å². The molecule has 22 heavy (non-hydrogen) atoms. The number of nitrogens with zero attached hydrogens (tertiary/aromatic N) is 1. The minimum atomic E-state index is -0.391. The summed E-state index contributed by atoms with van der Waals surface area (Å²) in [5, 5.41) is 3.30. The largest absolute Gasteiger partial charge is 0.347 e. The first kappa shape index (κ1) is 16.0. The molecule has 2 aliphatic heterocycles. The molecule has 2 heterocycles. The lowest BCUT2D eigenvalue weighted by atomic mass is 9.97. The van der Waals surface area contributed by atoms with Gasteiger partial charge in [-0.15, -0.1) is 0 Å². The third-order valence-electron chi connectivity index (χ3n) is 4.98. The quantitative estimate of drug-likeness (QED) is 0.622. The molecule has 2 saturated heterocycles. The van der Waals surface area contributed by atoms with Crippen LogP contribution in [-0.2, 0) is 14.3 Å². The highest BCUT2D eigenvalue weighted by atomic mass is 16.7. The normalized spacial score (nSPS) is 24.5. The van der Waals surface area contributed by atoms with Gasteiger partial charge in [0.2, 0.25) is 5.91 Å². The van der Waals surface area contributed by atoms with Gasteiger partial charge in [-0.2, -0.15) is 0 Å². The van der Waals surface area contributed by atoms with Crippen molar-refractivity contribution in [1.29, 1.82) is 0 Å². The average Bonchev–Trinajstić information content (AvgIpc) is 3.01. The van der Waals surface area contributed by atoms with Crippen molar-refractivity contribution in [2.75, 3.05) is 39.4 Å². The van der Waals surface area contributed by atoms with Crippen LogP contribution in [0.3, 0.4) is 0 Å². The number of carbonyl (C=O) groups excluding carboxylic acids is 1. The van der Waals surface area contributed by atoms with Gasteiger partial charge in [0.1, 0.15) is 0 Å². The highest BCUT2D eigenvalue weighted by Gasteiger charge is 2.40. The van der Waals surface area contributed by atoms with Crippen LogP contribution in [0.5, 0.6) is 0 Å². The van der Waals surface area contributed by atoms with E-state index in [2.05, 4.69) is 11.4 Å². The number of carbonyl (C=O) groups is 1. The Hall–Kier alpha value is -0.910. The Morgan fingerprint density at radius 1 is 1.23 bits per heavy atom. The van der Waals surface area contributed by atoms with Crippen LogP contribution in [-0.4, -0.2) is 56.0 Å². The first-order valence-electron chi connectivity index (χ1n) is 8.72. The van der Waals surface area contributed by atoms with Crippen molar-refractivity contribution in [3.63, 3.8) is 0 Å². The lowest BCUT2D eigenvalue weighted by molar-refractivity contribution is -0.187. The van der Waals surface area contributed by atoms with Crippen LogP contribution in [0.4, 0.5) is 0 Å². The third-order valence-corrected chi connectivity index (χ3v) is 4.98. The van der Waals surface area contributed by atoms with E-state index in [1.807, 2.05) is 4.90 Å². The molecule has 0 bridgehead atoms. The van der Waals surface area contributed by atoms with Crippen molar-refractivity contribution < 1.29 is 14.3 Å². The minimum absolute atomic E-state index is 0.200. The molecular formula is C17H28N2O3. The summed E-state index contributed by atoms with van der Waals surface area (Å²) in [5.74, 6) is -0.192. The van der Waals surface area contributed by atoms with Gasteiger partial charge in [0.05, 0.1) is 19.8 Å². The van der Waals surface area contributed by atoms with Crippen molar-refractivity contribution in [3.8, 4) is 0 Å².